The van der Waals surface area contributed by atoms with Crippen molar-refractivity contribution in [3.05, 3.63) is 52.1 Å². The van der Waals surface area contributed by atoms with E-state index in [1.165, 1.54) is 6.42 Å². The van der Waals surface area contributed by atoms with Crippen molar-refractivity contribution in [2.24, 2.45) is 0 Å². The number of nitrogens with zero attached hydrogens (tertiary/aromatic N) is 4. The lowest BCUT2D eigenvalue weighted by atomic mass is 10.1. The van der Waals surface area contributed by atoms with Crippen LogP contribution in [-0.2, 0) is 6.54 Å². The third-order valence-electron chi connectivity index (χ3n) is 4.70. The van der Waals surface area contributed by atoms with Crippen LogP contribution >= 0.6 is 0 Å². The second kappa shape index (κ2) is 6.99. The molecule has 1 aliphatic rings. The molecule has 0 amide bonds. The minimum Gasteiger partial charge on any atom is -0.375 e. The molecule has 0 unspecified atom stereocenters. The Balaban J connectivity index is 1.76. The third kappa shape index (κ3) is 3.05. The van der Waals surface area contributed by atoms with Crippen LogP contribution in [0.1, 0.15) is 24.8 Å². The summed E-state index contributed by atoms with van der Waals surface area (Å²) in [5.41, 5.74) is 2.85. The fourth-order valence-electron chi connectivity index (χ4n) is 3.40. The van der Waals surface area contributed by atoms with Crippen LogP contribution in [0.2, 0.25) is 0 Å². The van der Waals surface area contributed by atoms with Crippen LogP contribution in [-0.4, -0.2) is 28.3 Å². The maximum absolute atomic E-state index is 11.7. The fourth-order valence-corrected chi connectivity index (χ4v) is 3.40. The molecule has 1 saturated heterocycles. The summed E-state index contributed by atoms with van der Waals surface area (Å²) in [6.07, 6.45) is 3.38. The van der Waals surface area contributed by atoms with Gasteiger partial charge in [0.05, 0.1) is 10.6 Å². The molecule has 0 radical (unpaired) electrons. The topological polar surface area (TPSA) is 97.3 Å². The summed E-state index contributed by atoms with van der Waals surface area (Å²) in [5, 5.41) is 22.6. The largest absolute Gasteiger partial charge is 0.375 e. The number of fused-ring (bicyclic) bond motifs is 1. The predicted molar refractivity (Wildman–Crippen MR) is 98.3 cm³/mol. The summed E-state index contributed by atoms with van der Waals surface area (Å²) in [6, 6.07) is 11.6. The molecule has 4 rings (SSSR count). The van der Waals surface area contributed by atoms with Gasteiger partial charge in [-0.2, -0.15) is 0 Å². The van der Waals surface area contributed by atoms with Gasteiger partial charge in [-0.3, -0.25) is 10.1 Å². The van der Waals surface area contributed by atoms with Crippen molar-refractivity contribution in [3.63, 3.8) is 0 Å². The monoisotopic (exact) mass is 353 g/mol. The lowest BCUT2D eigenvalue weighted by Gasteiger charge is -2.29. The lowest BCUT2D eigenvalue weighted by Crippen LogP contribution is -2.29. The van der Waals surface area contributed by atoms with Gasteiger partial charge in [-0.05, 0) is 41.2 Å². The highest BCUT2D eigenvalue weighted by molar-refractivity contribution is 5.99. The number of nitro groups is 1. The van der Waals surface area contributed by atoms with Crippen molar-refractivity contribution < 1.29 is 9.55 Å². The van der Waals surface area contributed by atoms with Crippen LogP contribution in [0.4, 0.5) is 17.1 Å². The standard InChI is InChI=1S/C18H19N5O3/c24-23(25)18-14(19-12-13-7-3-1-4-8-13)11-15(16-17(18)21-26-20-16)22-9-5-2-6-10-22/h1,3-4,7-8,11,19H,2,5-6,9-10,12H2. The van der Waals surface area contributed by atoms with Crippen LogP contribution in [0, 0.1) is 10.1 Å². The number of nitro benzene ring substituents is 1. The van der Waals surface area contributed by atoms with Gasteiger partial charge in [0.1, 0.15) is 5.69 Å². The van der Waals surface area contributed by atoms with Crippen molar-refractivity contribution >= 4 is 28.1 Å². The predicted octanol–water partition coefficient (Wildman–Crippen LogP) is 3.73. The van der Waals surface area contributed by atoms with Gasteiger partial charge in [0.25, 0.3) is 0 Å². The Bertz CT molecular complexity index is 919. The van der Waals surface area contributed by atoms with Gasteiger partial charge in [-0.25, -0.2) is 4.63 Å². The zero-order valence-electron chi connectivity index (χ0n) is 14.2. The van der Waals surface area contributed by atoms with Gasteiger partial charge in [0.15, 0.2) is 5.52 Å². The molecular formula is C18H19N5O3. The zero-order valence-corrected chi connectivity index (χ0v) is 14.2. The van der Waals surface area contributed by atoms with E-state index in [1.807, 2.05) is 30.3 Å². The third-order valence-corrected chi connectivity index (χ3v) is 4.70. The highest BCUT2D eigenvalue weighted by Crippen LogP contribution is 2.39. The van der Waals surface area contributed by atoms with E-state index >= 15 is 0 Å². The minimum atomic E-state index is -0.431. The van der Waals surface area contributed by atoms with E-state index in [9.17, 15) is 10.1 Å². The van der Waals surface area contributed by atoms with Gasteiger partial charge >= 0.3 is 5.69 Å². The molecular weight excluding hydrogens is 334 g/mol. The second-order valence-corrected chi connectivity index (χ2v) is 6.40. The molecule has 1 N–H and O–H groups in total. The maximum atomic E-state index is 11.7. The average molecular weight is 353 g/mol. The molecule has 1 aliphatic heterocycles. The fraction of sp³-hybridized carbons (Fsp3) is 0.333. The van der Waals surface area contributed by atoms with Gasteiger partial charge in [-0.15, -0.1) is 0 Å². The van der Waals surface area contributed by atoms with Crippen LogP contribution in [0.5, 0.6) is 0 Å². The number of piperidine rings is 1. The summed E-state index contributed by atoms with van der Waals surface area (Å²) < 4.78 is 4.85. The first-order valence-corrected chi connectivity index (χ1v) is 8.70. The van der Waals surface area contributed by atoms with Crippen LogP contribution in [0.15, 0.2) is 41.0 Å². The van der Waals surface area contributed by atoms with E-state index in [0.29, 0.717) is 17.7 Å². The summed E-state index contributed by atoms with van der Waals surface area (Å²) >= 11 is 0. The van der Waals surface area contributed by atoms with Crippen LogP contribution in [0.3, 0.4) is 0 Å². The second-order valence-electron chi connectivity index (χ2n) is 6.40. The van der Waals surface area contributed by atoms with Crippen molar-refractivity contribution in [1.29, 1.82) is 0 Å². The molecule has 2 heterocycles. The van der Waals surface area contributed by atoms with Gasteiger partial charge in [-0.1, -0.05) is 30.3 Å². The zero-order chi connectivity index (χ0) is 17.9. The normalized spacial score (nSPS) is 14.5. The first-order valence-electron chi connectivity index (χ1n) is 8.70. The van der Waals surface area contributed by atoms with Crippen molar-refractivity contribution in [2.75, 3.05) is 23.3 Å². The SMILES string of the molecule is O=[N+]([O-])c1c(NCc2ccccc2)cc(N2CCCCC2)c2nonc12. The molecule has 3 aromatic rings. The molecule has 8 nitrogen and oxygen atoms in total. The molecule has 0 aliphatic carbocycles. The van der Waals surface area contributed by atoms with E-state index in [1.54, 1.807) is 6.07 Å². The smallest absolute Gasteiger partial charge is 0.323 e. The summed E-state index contributed by atoms with van der Waals surface area (Å²) in [6.45, 7) is 2.29. The summed E-state index contributed by atoms with van der Waals surface area (Å²) in [4.78, 5) is 13.4. The molecule has 134 valence electrons. The molecule has 26 heavy (non-hydrogen) atoms. The Hall–Kier alpha value is -3.16. The molecule has 1 fully saturated rings. The molecule has 0 atom stereocenters. The number of benzene rings is 2. The maximum Gasteiger partial charge on any atom is 0.323 e. The van der Waals surface area contributed by atoms with E-state index in [2.05, 4.69) is 20.5 Å². The molecule has 0 spiro atoms. The summed E-state index contributed by atoms with van der Waals surface area (Å²) in [5.74, 6) is 0. The van der Waals surface area contributed by atoms with E-state index in [-0.39, 0.29) is 11.2 Å². The number of nitrogens with one attached hydrogen (secondary N) is 1. The Kier molecular flexibility index (Phi) is 4.39. The number of hydrogen-bond acceptors (Lipinski definition) is 7. The van der Waals surface area contributed by atoms with Gasteiger partial charge < -0.3 is 10.2 Å². The van der Waals surface area contributed by atoms with Gasteiger partial charge in [0, 0.05) is 19.6 Å². The lowest BCUT2D eigenvalue weighted by molar-refractivity contribution is -0.382. The van der Waals surface area contributed by atoms with Crippen molar-refractivity contribution in [2.45, 2.75) is 25.8 Å². The average Bonchev–Trinajstić information content (AvgIpc) is 3.16. The van der Waals surface area contributed by atoms with Gasteiger partial charge in [0.2, 0.25) is 5.52 Å². The quantitative estimate of drug-likeness (QED) is 0.551. The first-order chi connectivity index (χ1) is 12.7. The Morgan fingerprint density at radius 3 is 2.58 bits per heavy atom. The summed E-state index contributed by atoms with van der Waals surface area (Å²) in [7, 11) is 0. The Morgan fingerprint density at radius 1 is 1.12 bits per heavy atom. The number of anilines is 2. The highest BCUT2D eigenvalue weighted by Gasteiger charge is 2.28. The van der Waals surface area contributed by atoms with Crippen LogP contribution < -0.4 is 10.2 Å². The van der Waals surface area contributed by atoms with E-state index in [4.69, 9.17) is 4.63 Å². The van der Waals surface area contributed by atoms with E-state index in [0.717, 1.165) is 37.2 Å². The number of rotatable bonds is 5. The Morgan fingerprint density at radius 2 is 1.85 bits per heavy atom. The molecule has 8 heteroatoms. The highest BCUT2D eigenvalue weighted by atomic mass is 16.6. The molecule has 0 saturated carbocycles. The van der Waals surface area contributed by atoms with Crippen LogP contribution in [0.25, 0.3) is 11.0 Å². The Labute approximate surface area is 149 Å². The number of aromatic nitrogens is 2. The molecule has 0 bridgehead atoms. The minimum absolute atomic E-state index is 0.0991. The molecule has 1 aromatic heterocycles. The number of hydrogen-bond donors (Lipinski definition) is 1. The van der Waals surface area contributed by atoms with Crippen molar-refractivity contribution in [3.8, 4) is 0 Å². The molecule has 2 aromatic carbocycles. The first kappa shape index (κ1) is 16.3. The van der Waals surface area contributed by atoms with E-state index < -0.39 is 4.92 Å². The van der Waals surface area contributed by atoms with Crippen molar-refractivity contribution in [1.82, 2.24) is 10.3 Å².